The summed E-state index contributed by atoms with van der Waals surface area (Å²) in [7, 11) is 2.27. The van der Waals surface area contributed by atoms with Crippen molar-refractivity contribution >= 4 is 5.69 Å². The molecule has 5 aliphatic heterocycles. The Morgan fingerprint density at radius 2 is 1.68 bits per heavy atom. The number of piperidine rings is 4. The van der Waals surface area contributed by atoms with Crippen LogP contribution in [-0.2, 0) is 5.41 Å². The van der Waals surface area contributed by atoms with Gasteiger partial charge in [0.2, 0.25) is 0 Å². The third-order valence-corrected chi connectivity index (χ3v) is 11.5. The number of fused-ring (bicyclic) bond motifs is 2. The van der Waals surface area contributed by atoms with E-state index >= 15 is 0 Å². The van der Waals surface area contributed by atoms with Crippen LogP contribution in [0, 0.1) is 17.8 Å². The molecule has 0 radical (unpaired) electrons. The zero-order valence-electron chi connectivity index (χ0n) is 21.7. The van der Waals surface area contributed by atoms with Crippen molar-refractivity contribution in [3.63, 3.8) is 0 Å². The maximum Gasteiger partial charge on any atom is 0.194 e. The van der Waals surface area contributed by atoms with Crippen LogP contribution in [0.1, 0.15) is 90.0 Å². The quantitative estimate of drug-likeness (QED) is 0.367. The number of likely N-dealkylation sites (N-methyl/N-ethyl adjacent to an activating group) is 1. The second-order valence-electron chi connectivity index (χ2n) is 12.6. The van der Waals surface area contributed by atoms with Gasteiger partial charge in [-0.2, -0.15) is 0 Å². The number of hydrogen-bond acceptors (Lipinski definition) is 3. The monoisotopic (exact) mass is 467 g/mol. The first-order valence-electron chi connectivity index (χ1n) is 14.6. The molecule has 4 nitrogen and oxygen atoms in total. The Morgan fingerprint density at radius 1 is 0.971 bits per heavy atom. The van der Waals surface area contributed by atoms with E-state index < -0.39 is 0 Å². The van der Waals surface area contributed by atoms with E-state index in [-0.39, 0.29) is 17.7 Å². The molecule has 5 fully saturated rings. The minimum atomic E-state index is -0.274. The first-order valence-corrected chi connectivity index (χ1v) is 14.6. The lowest BCUT2D eigenvalue weighted by molar-refractivity contribution is -1.04. The highest BCUT2D eigenvalue weighted by molar-refractivity contribution is 5.66. The lowest BCUT2D eigenvalue weighted by Gasteiger charge is -2.68. The van der Waals surface area contributed by atoms with Crippen molar-refractivity contribution in [3.8, 4) is 0 Å². The normalized spacial score (nSPS) is 45.1. The van der Waals surface area contributed by atoms with Crippen LogP contribution in [0.3, 0.4) is 0 Å². The number of anilines is 1. The van der Waals surface area contributed by atoms with Gasteiger partial charge in [-0.3, -0.25) is 4.48 Å². The molecule has 1 aliphatic carbocycles. The molecule has 1 aromatic rings. The van der Waals surface area contributed by atoms with E-state index in [0.29, 0.717) is 35.9 Å². The average Bonchev–Trinajstić information content (AvgIpc) is 3.23. The highest BCUT2D eigenvalue weighted by Crippen LogP contribution is 2.71. The van der Waals surface area contributed by atoms with Crippen molar-refractivity contribution in [1.29, 1.82) is 0 Å². The number of aliphatic hydroxyl groups excluding tert-OH is 2. The Balaban J connectivity index is 1.31. The van der Waals surface area contributed by atoms with Gasteiger partial charge in [-0.25, -0.2) is 0 Å². The van der Waals surface area contributed by atoms with E-state index in [1.54, 1.807) is 0 Å². The van der Waals surface area contributed by atoms with Crippen LogP contribution in [0.2, 0.25) is 0 Å². The number of para-hydroxylation sites is 1. The van der Waals surface area contributed by atoms with Crippen molar-refractivity contribution in [2.45, 2.75) is 120 Å². The standard InChI is InChI=1S/C30H47N2O2/c1-4-6-7-8-9-10-11-14-17-32-24-18-21(20(5-2)29(32)34)26-25(32)19-30(28(26)33)22-15-12-13-16-23(22)31(3)27(24)30/h12-13,15-16,20-21,24-29,33-34H,4-11,14,17-19H2,1-3H3/q+1/t20-,21+,24-,25-,26-,27-,28-,29+,30+,32?/m0/s1. The molecule has 1 aromatic carbocycles. The Hall–Kier alpha value is -1.10. The molecule has 1 saturated carbocycles. The molecular weight excluding hydrogens is 420 g/mol. The summed E-state index contributed by atoms with van der Waals surface area (Å²) < 4.78 is 0.900. The van der Waals surface area contributed by atoms with Gasteiger partial charge in [-0.05, 0) is 36.8 Å². The second-order valence-corrected chi connectivity index (χ2v) is 12.6. The largest absolute Gasteiger partial charge is 0.392 e. The summed E-state index contributed by atoms with van der Waals surface area (Å²) in [6.45, 7) is 5.66. The number of hydrogen-bond donors (Lipinski definition) is 2. The maximum atomic E-state index is 12.1. The zero-order valence-corrected chi connectivity index (χ0v) is 21.7. The van der Waals surface area contributed by atoms with E-state index in [2.05, 4.69) is 50.1 Å². The number of aliphatic hydroxyl groups is 2. The highest BCUT2D eigenvalue weighted by Gasteiger charge is 2.82. The molecule has 4 saturated heterocycles. The summed E-state index contributed by atoms with van der Waals surface area (Å²) in [5, 5.41) is 24.2. The van der Waals surface area contributed by atoms with Crippen molar-refractivity contribution in [3.05, 3.63) is 29.8 Å². The first-order chi connectivity index (χ1) is 16.5. The van der Waals surface area contributed by atoms with Gasteiger partial charge in [-0.1, -0.05) is 70.6 Å². The SMILES string of the molecule is CCCCCCCCCC[N+]12[C@H](O)[C@@H](CC)[C@H]3C[C@H]1[C@@H]1N(C)c4ccccc4[C@]14C[C@H]2[C@H]3[C@@H]4O. The fraction of sp³-hybridized carbons (Fsp3) is 0.800. The van der Waals surface area contributed by atoms with Crippen molar-refractivity contribution < 1.29 is 14.7 Å². The van der Waals surface area contributed by atoms with Crippen LogP contribution in [0.4, 0.5) is 5.69 Å². The molecule has 10 atom stereocenters. The van der Waals surface area contributed by atoms with Crippen molar-refractivity contribution in [1.82, 2.24) is 0 Å². The molecule has 0 aromatic heterocycles. The second kappa shape index (κ2) is 8.49. The van der Waals surface area contributed by atoms with Gasteiger partial charge in [0.1, 0.15) is 6.04 Å². The minimum absolute atomic E-state index is 0.135. The summed E-state index contributed by atoms with van der Waals surface area (Å²) in [6, 6.07) is 10.1. The molecule has 7 rings (SSSR count). The molecule has 2 N–H and O–H groups in total. The molecule has 5 heterocycles. The lowest BCUT2D eigenvalue weighted by atomic mass is 9.60. The molecule has 1 spiro atoms. The average molecular weight is 468 g/mol. The third-order valence-electron chi connectivity index (χ3n) is 11.5. The maximum absolute atomic E-state index is 12.1. The van der Waals surface area contributed by atoms with Crippen LogP contribution >= 0.6 is 0 Å². The topological polar surface area (TPSA) is 43.7 Å². The predicted octanol–water partition coefficient (Wildman–Crippen LogP) is 5.21. The van der Waals surface area contributed by atoms with Gasteiger partial charge in [0, 0.05) is 37.4 Å². The molecular formula is C30H47N2O2+. The lowest BCUT2D eigenvalue weighted by Crippen LogP contribution is -2.83. The molecule has 0 amide bonds. The number of quaternary nitrogens is 1. The minimum Gasteiger partial charge on any atom is -0.392 e. The van der Waals surface area contributed by atoms with Gasteiger partial charge in [-0.15, -0.1) is 0 Å². The van der Waals surface area contributed by atoms with Crippen LogP contribution in [-0.4, -0.2) is 58.7 Å². The van der Waals surface area contributed by atoms with Gasteiger partial charge in [0.25, 0.3) is 0 Å². The third kappa shape index (κ3) is 2.77. The smallest absolute Gasteiger partial charge is 0.194 e. The van der Waals surface area contributed by atoms with E-state index in [0.717, 1.165) is 23.9 Å². The van der Waals surface area contributed by atoms with Crippen LogP contribution < -0.4 is 4.90 Å². The number of rotatable bonds is 10. The molecule has 188 valence electrons. The molecule has 1 unspecified atom stereocenters. The summed E-state index contributed by atoms with van der Waals surface area (Å²) in [5.41, 5.74) is 2.58. The van der Waals surface area contributed by atoms with Crippen LogP contribution in [0.5, 0.6) is 0 Å². The number of benzene rings is 1. The molecule has 5 bridgehead atoms. The van der Waals surface area contributed by atoms with Gasteiger partial charge >= 0.3 is 0 Å². The number of unbranched alkanes of at least 4 members (excludes halogenated alkanes) is 7. The molecule has 4 heteroatoms. The van der Waals surface area contributed by atoms with Crippen LogP contribution in [0.15, 0.2) is 24.3 Å². The number of nitrogens with zero attached hydrogens (tertiary/aromatic N) is 2. The van der Waals surface area contributed by atoms with E-state index in [1.807, 2.05) is 0 Å². The fourth-order valence-electron chi connectivity index (χ4n) is 10.4. The Labute approximate surface area is 206 Å². The molecule has 6 aliphatic rings. The van der Waals surface area contributed by atoms with Gasteiger partial charge in [0.05, 0.1) is 30.1 Å². The molecule has 34 heavy (non-hydrogen) atoms. The Bertz CT molecular complexity index is 906. The van der Waals surface area contributed by atoms with E-state index in [9.17, 15) is 10.2 Å². The van der Waals surface area contributed by atoms with Gasteiger partial charge < -0.3 is 15.1 Å². The van der Waals surface area contributed by atoms with Gasteiger partial charge in [0.15, 0.2) is 6.23 Å². The summed E-state index contributed by atoms with van der Waals surface area (Å²) in [5.74, 6) is 1.17. The first kappa shape index (κ1) is 23.3. The van der Waals surface area contributed by atoms with E-state index in [1.165, 1.54) is 69.0 Å². The van der Waals surface area contributed by atoms with Crippen molar-refractivity contribution in [2.75, 3.05) is 18.5 Å². The van der Waals surface area contributed by atoms with E-state index in [4.69, 9.17) is 0 Å². The predicted molar refractivity (Wildman–Crippen MR) is 138 cm³/mol. The summed E-state index contributed by atoms with van der Waals surface area (Å²) in [6.07, 6.45) is 13.4. The summed E-state index contributed by atoms with van der Waals surface area (Å²) >= 11 is 0. The fourth-order valence-corrected chi connectivity index (χ4v) is 10.4. The zero-order chi connectivity index (χ0) is 23.7. The van der Waals surface area contributed by atoms with Crippen LogP contribution in [0.25, 0.3) is 0 Å². The van der Waals surface area contributed by atoms with Crippen molar-refractivity contribution in [2.24, 2.45) is 17.8 Å². The Kier molecular flexibility index (Phi) is 5.82. The summed E-state index contributed by atoms with van der Waals surface area (Å²) in [4.78, 5) is 2.52. The Morgan fingerprint density at radius 3 is 2.41 bits per heavy atom. The highest BCUT2D eigenvalue weighted by atomic mass is 16.3.